The molecule has 0 aliphatic carbocycles. The Hall–Kier alpha value is -4.04. The summed E-state index contributed by atoms with van der Waals surface area (Å²) in [5.41, 5.74) is 4.15. The van der Waals surface area contributed by atoms with E-state index < -0.39 is 10.0 Å². The molecule has 3 aromatic carbocycles. The molecule has 7 nitrogen and oxygen atoms in total. The Morgan fingerprint density at radius 1 is 0.943 bits per heavy atom. The minimum Gasteiger partial charge on any atom is -0.322 e. The zero-order valence-electron chi connectivity index (χ0n) is 19.2. The first-order valence-electron chi connectivity index (χ1n) is 11.3. The summed E-state index contributed by atoms with van der Waals surface area (Å²) >= 11 is 0. The molecule has 176 valence electrons. The molecule has 1 amide bonds. The smallest absolute Gasteiger partial charge is 0.262 e. The number of anilines is 1. The second-order valence-electron chi connectivity index (χ2n) is 8.46. The summed E-state index contributed by atoms with van der Waals surface area (Å²) in [6.45, 7) is 2.58. The number of amides is 1. The fraction of sp³-hybridized carbons (Fsp3) is 0.148. The Bertz CT molecular complexity index is 1560. The molecule has 2 heterocycles. The second kappa shape index (κ2) is 9.31. The SMILES string of the molecule is Cc1ccc2nc(-c3ccccc3)cc(C(=O)Nc3cccc(S(=O)(=O)NC4=NCCC4)c3)c2c1. The molecule has 0 bridgehead atoms. The van der Waals surface area contributed by atoms with Crippen LogP contribution in [0.25, 0.3) is 22.2 Å². The molecule has 1 aliphatic rings. The van der Waals surface area contributed by atoms with Crippen LogP contribution in [0.1, 0.15) is 28.8 Å². The number of carbonyl (C=O) groups excluding carboxylic acids is 1. The number of rotatable bonds is 5. The molecule has 1 aromatic heterocycles. The molecule has 1 aliphatic heterocycles. The Kier molecular flexibility index (Phi) is 6.05. The summed E-state index contributed by atoms with van der Waals surface area (Å²) in [4.78, 5) is 22.4. The van der Waals surface area contributed by atoms with Gasteiger partial charge < -0.3 is 5.32 Å². The van der Waals surface area contributed by atoms with E-state index in [-0.39, 0.29) is 10.8 Å². The highest BCUT2D eigenvalue weighted by Crippen LogP contribution is 2.27. The van der Waals surface area contributed by atoms with Crippen molar-refractivity contribution in [2.24, 2.45) is 4.99 Å². The number of nitrogens with zero attached hydrogens (tertiary/aromatic N) is 2. The van der Waals surface area contributed by atoms with Gasteiger partial charge in [-0.3, -0.25) is 14.5 Å². The highest BCUT2D eigenvalue weighted by Gasteiger charge is 2.20. The number of carbonyl (C=O) groups is 1. The maximum absolute atomic E-state index is 13.4. The number of nitrogens with one attached hydrogen (secondary N) is 2. The molecule has 0 fully saturated rings. The zero-order chi connectivity index (χ0) is 24.4. The van der Waals surface area contributed by atoms with E-state index in [2.05, 4.69) is 15.0 Å². The largest absolute Gasteiger partial charge is 0.322 e. The Morgan fingerprint density at radius 3 is 2.54 bits per heavy atom. The molecule has 0 unspecified atom stereocenters. The molecule has 4 aromatic rings. The van der Waals surface area contributed by atoms with E-state index in [0.29, 0.717) is 41.3 Å². The third kappa shape index (κ3) is 4.93. The monoisotopic (exact) mass is 484 g/mol. The predicted molar refractivity (Wildman–Crippen MR) is 138 cm³/mol. The van der Waals surface area contributed by atoms with Crippen LogP contribution in [0.3, 0.4) is 0 Å². The zero-order valence-corrected chi connectivity index (χ0v) is 20.0. The van der Waals surface area contributed by atoms with Crippen molar-refractivity contribution >= 4 is 38.4 Å². The van der Waals surface area contributed by atoms with E-state index >= 15 is 0 Å². The summed E-state index contributed by atoms with van der Waals surface area (Å²) in [6.07, 6.45) is 1.44. The highest BCUT2D eigenvalue weighted by atomic mass is 32.2. The van der Waals surface area contributed by atoms with Gasteiger partial charge in [-0.1, -0.05) is 48.0 Å². The first-order chi connectivity index (χ1) is 16.9. The van der Waals surface area contributed by atoms with Gasteiger partial charge in [0, 0.05) is 29.6 Å². The fourth-order valence-corrected chi connectivity index (χ4v) is 5.20. The van der Waals surface area contributed by atoms with Gasteiger partial charge in [0.1, 0.15) is 5.84 Å². The number of hydrogen-bond acceptors (Lipinski definition) is 5. The summed E-state index contributed by atoms with van der Waals surface area (Å²) < 4.78 is 28.1. The summed E-state index contributed by atoms with van der Waals surface area (Å²) in [6, 6.07) is 23.4. The molecule has 35 heavy (non-hydrogen) atoms. The van der Waals surface area contributed by atoms with Crippen LogP contribution < -0.4 is 10.0 Å². The van der Waals surface area contributed by atoms with Crippen LogP contribution in [0.5, 0.6) is 0 Å². The van der Waals surface area contributed by atoms with Gasteiger partial charge in [-0.05, 0) is 49.7 Å². The van der Waals surface area contributed by atoms with Gasteiger partial charge in [0.25, 0.3) is 15.9 Å². The molecule has 2 N–H and O–H groups in total. The van der Waals surface area contributed by atoms with Gasteiger partial charge in [0.05, 0.1) is 21.7 Å². The quantitative estimate of drug-likeness (QED) is 0.419. The van der Waals surface area contributed by atoms with Gasteiger partial charge in [-0.2, -0.15) is 0 Å². The normalized spacial score (nSPS) is 13.5. The summed E-state index contributed by atoms with van der Waals surface area (Å²) in [5, 5.41) is 3.59. The minimum absolute atomic E-state index is 0.0605. The minimum atomic E-state index is -3.79. The second-order valence-corrected chi connectivity index (χ2v) is 10.1. The van der Waals surface area contributed by atoms with Crippen LogP contribution in [0.4, 0.5) is 5.69 Å². The molecule has 8 heteroatoms. The van der Waals surface area contributed by atoms with Crippen molar-refractivity contribution in [3.05, 3.63) is 90.0 Å². The van der Waals surface area contributed by atoms with E-state index in [1.54, 1.807) is 18.2 Å². The lowest BCUT2D eigenvalue weighted by Crippen LogP contribution is -2.29. The molecule has 0 radical (unpaired) electrons. The van der Waals surface area contributed by atoms with Gasteiger partial charge in [-0.15, -0.1) is 0 Å². The molecular weight excluding hydrogens is 460 g/mol. The molecule has 5 rings (SSSR count). The number of fused-ring (bicyclic) bond motifs is 1. The third-order valence-corrected chi connectivity index (χ3v) is 7.19. The number of benzene rings is 3. The molecule has 0 saturated carbocycles. The van der Waals surface area contributed by atoms with Crippen LogP contribution in [0, 0.1) is 6.92 Å². The predicted octanol–water partition coefficient (Wildman–Crippen LogP) is 4.93. The Morgan fingerprint density at radius 2 is 1.77 bits per heavy atom. The van der Waals surface area contributed by atoms with Gasteiger partial charge >= 0.3 is 0 Å². The van der Waals surface area contributed by atoms with E-state index in [1.807, 2.05) is 55.5 Å². The van der Waals surface area contributed by atoms with Crippen LogP contribution in [0.2, 0.25) is 0 Å². The van der Waals surface area contributed by atoms with Crippen molar-refractivity contribution in [3.63, 3.8) is 0 Å². The number of amidine groups is 1. The van der Waals surface area contributed by atoms with Crippen LogP contribution in [0.15, 0.2) is 88.8 Å². The van der Waals surface area contributed by atoms with Crippen molar-refractivity contribution in [2.45, 2.75) is 24.7 Å². The van der Waals surface area contributed by atoms with Crippen molar-refractivity contribution in [1.82, 2.24) is 9.71 Å². The Balaban J connectivity index is 1.49. The van der Waals surface area contributed by atoms with Gasteiger partial charge in [0.2, 0.25) is 0 Å². The number of aromatic nitrogens is 1. The number of pyridine rings is 1. The van der Waals surface area contributed by atoms with Gasteiger partial charge in [-0.25, -0.2) is 13.4 Å². The van der Waals surface area contributed by atoms with Crippen LogP contribution in [-0.4, -0.2) is 31.7 Å². The van der Waals surface area contributed by atoms with E-state index in [9.17, 15) is 13.2 Å². The number of aryl methyl sites for hydroxylation is 1. The first-order valence-corrected chi connectivity index (χ1v) is 12.8. The lowest BCUT2D eigenvalue weighted by atomic mass is 10.0. The maximum atomic E-state index is 13.4. The van der Waals surface area contributed by atoms with Gasteiger partial charge in [0.15, 0.2) is 0 Å². The lowest BCUT2D eigenvalue weighted by Gasteiger charge is -2.13. The molecular formula is C27H24N4O3S. The lowest BCUT2D eigenvalue weighted by molar-refractivity contribution is 0.102. The van der Waals surface area contributed by atoms with Crippen molar-refractivity contribution in [1.29, 1.82) is 0 Å². The highest BCUT2D eigenvalue weighted by molar-refractivity contribution is 7.90. The Labute approximate surface area is 204 Å². The first kappa shape index (κ1) is 22.7. The topological polar surface area (TPSA) is 101 Å². The third-order valence-electron chi connectivity index (χ3n) is 5.81. The molecule has 0 atom stereocenters. The van der Waals surface area contributed by atoms with E-state index in [1.165, 1.54) is 12.1 Å². The average Bonchev–Trinajstić information content (AvgIpc) is 3.36. The fourth-order valence-electron chi connectivity index (χ4n) is 4.06. The summed E-state index contributed by atoms with van der Waals surface area (Å²) in [5.74, 6) is 0.120. The van der Waals surface area contributed by atoms with Crippen LogP contribution in [-0.2, 0) is 10.0 Å². The van der Waals surface area contributed by atoms with Crippen molar-refractivity contribution in [3.8, 4) is 11.3 Å². The molecule has 0 saturated heterocycles. The van der Waals surface area contributed by atoms with Crippen molar-refractivity contribution in [2.75, 3.05) is 11.9 Å². The molecule has 0 spiro atoms. The van der Waals surface area contributed by atoms with Crippen molar-refractivity contribution < 1.29 is 13.2 Å². The number of aliphatic imine (C=N–C) groups is 1. The van der Waals surface area contributed by atoms with Crippen LogP contribution >= 0.6 is 0 Å². The standard InChI is InChI=1S/C27H24N4O3S/c1-18-12-13-24-22(15-18)23(17-25(30-24)19-7-3-2-4-8-19)27(32)29-20-9-5-10-21(16-20)35(33,34)31-26-11-6-14-28-26/h2-5,7-10,12-13,15-17H,6,11,14H2,1H3,(H,28,31)(H,29,32). The maximum Gasteiger partial charge on any atom is 0.262 e. The number of sulfonamides is 1. The van der Waals surface area contributed by atoms with E-state index in [4.69, 9.17) is 4.98 Å². The van der Waals surface area contributed by atoms with E-state index in [0.717, 1.165) is 22.9 Å². The number of hydrogen-bond donors (Lipinski definition) is 2. The summed E-state index contributed by atoms with van der Waals surface area (Å²) in [7, 11) is -3.79. The average molecular weight is 485 g/mol.